The van der Waals surface area contributed by atoms with Gasteiger partial charge in [-0.3, -0.25) is 0 Å². The van der Waals surface area contributed by atoms with Crippen LogP contribution < -0.4 is 5.32 Å². The quantitative estimate of drug-likeness (QED) is 0.750. The number of benzene rings is 1. The predicted molar refractivity (Wildman–Crippen MR) is 55.7 cm³/mol. The molecule has 2 rings (SSSR count). The van der Waals surface area contributed by atoms with Gasteiger partial charge in [0.05, 0.1) is 11.5 Å². The van der Waals surface area contributed by atoms with Crippen molar-refractivity contribution in [1.29, 1.82) is 0 Å². The lowest BCUT2D eigenvalue weighted by molar-refractivity contribution is 0.563. The maximum atomic E-state index is 11.5. The molecule has 1 aromatic carbocycles. The molecule has 0 spiro atoms. The standard InChI is InChI=1S/C10H13NO2S/c1-11-10-7-14(12,13)6-8-4-2-3-5-9(8)10/h2-5,10-11H,6-7H2,1H3/t10-/m1/s1. The van der Waals surface area contributed by atoms with E-state index < -0.39 is 9.84 Å². The minimum absolute atomic E-state index is 0.0510. The van der Waals surface area contributed by atoms with Crippen LogP contribution in [-0.2, 0) is 15.6 Å². The molecule has 1 aromatic rings. The number of hydrogen-bond acceptors (Lipinski definition) is 3. The Morgan fingerprint density at radius 2 is 2.07 bits per heavy atom. The summed E-state index contributed by atoms with van der Waals surface area (Å²) in [5.74, 6) is 0.391. The smallest absolute Gasteiger partial charge is 0.156 e. The van der Waals surface area contributed by atoms with Crippen LogP contribution in [-0.4, -0.2) is 21.2 Å². The van der Waals surface area contributed by atoms with Crippen molar-refractivity contribution in [2.24, 2.45) is 0 Å². The van der Waals surface area contributed by atoms with Gasteiger partial charge in [0, 0.05) is 6.04 Å². The summed E-state index contributed by atoms with van der Waals surface area (Å²) in [7, 11) is -1.13. The van der Waals surface area contributed by atoms with Crippen molar-refractivity contribution >= 4 is 9.84 Å². The highest BCUT2D eigenvalue weighted by molar-refractivity contribution is 7.90. The average molecular weight is 211 g/mol. The zero-order valence-electron chi connectivity index (χ0n) is 8.03. The summed E-state index contributed by atoms with van der Waals surface area (Å²) in [6, 6.07) is 7.65. The predicted octanol–water partition coefficient (Wildman–Crippen LogP) is 0.875. The molecule has 0 aliphatic carbocycles. The molecule has 1 atom stereocenters. The molecular weight excluding hydrogens is 198 g/mol. The highest BCUT2D eigenvalue weighted by atomic mass is 32.2. The number of fused-ring (bicyclic) bond motifs is 1. The van der Waals surface area contributed by atoms with Crippen LogP contribution in [0.15, 0.2) is 24.3 Å². The molecule has 0 radical (unpaired) electrons. The molecule has 1 aliphatic heterocycles. The van der Waals surface area contributed by atoms with E-state index in [9.17, 15) is 8.42 Å². The van der Waals surface area contributed by atoms with Crippen molar-refractivity contribution < 1.29 is 8.42 Å². The van der Waals surface area contributed by atoms with Gasteiger partial charge in [0.25, 0.3) is 0 Å². The summed E-state index contributed by atoms with van der Waals surface area (Å²) in [6.07, 6.45) is 0. The summed E-state index contributed by atoms with van der Waals surface area (Å²) in [4.78, 5) is 0. The fourth-order valence-corrected chi connectivity index (χ4v) is 3.59. The maximum absolute atomic E-state index is 11.5. The minimum atomic E-state index is -2.92. The van der Waals surface area contributed by atoms with Crippen LogP contribution in [0.4, 0.5) is 0 Å². The first-order valence-electron chi connectivity index (χ1n) is 4.58. The van der Waals surface area contributed by atoms with Crippen LogP contribution in [0.1, 0.15) is 17.2 Å². The summed E-state index contributed by atoms with van der Waals surface area (Å²) in [5, 5.41) is 3.04. The van der Waals surface area contributed by atoms with Crippen molar-refractivity contribution in [2.45, 2.75) is 11.8 Å². The zero-order chi connectivity index (χ0) is 10.2. The van der Waals surface area contributed by atoms with Crippen LogP contribution >= 0.6 is 0 Å². The highest BCUT2D eigenvalue weighted by Gasteiger charge is 2.27. The molecule has 0 saturated carbocycles. The van der Waals surface area contributed by atoms with E-state index in [0.29, 0.717) is 0 Å². The number of nitrogens with one attached hydrogen (secondary N) is 1. The molecule has 0 fully saturated rings. The fraction of sp³-hybridized carbons (Fsp3) is 0.400. The average Bonchev–Trinajstić information content (AvgIpc) is 2.15. The van der Waals surface area contributed by atoms with Crippen LogP contribution in [0.5, 0.6) is 0 Å². The van der Waals surface area contributed by atoms with E-state index >= 15 is 0 Å². The van der Waals surface area contributed by atoms with E-state index in [0.717, 1.165) is 11.1 Å². The van der Waals surface area contributed by atoms with Gasteiger partial charge in [-0.15, -0.1) is 0 Å². The molecule has 0 saturated heterocycles. The lowest BCUT2D eigenvalue weighted by Crippen LogP contribution is -2.31. The van der Waals surface area contributed by atoms with E-state index in [2.05, 4.69) is 5.32 Å². The molecular formula is C10H13NO2S. The number of rotatable bonds is 1. The third-order valence-corrected chi connectivity index (χ3v) is 4.17. The Labute approximate surface area is 84.1 Å². The summed E-state index contributed by atoms with van der Waals surface area (Å²) in [6.45, 7) is 0. The van der Waals surface area contributed by atoms with E-state index in [1.54, 1.807) is 7.05 Å². The van der Waals surface area contributed by atoms with E-state index in [-0.39, 0.29) is 17.5 Å². The van der Waals surface area contributed by atoms with Crippen molar-refractivity contribution in [1.82, 2.24) is 5.32 Å². The first-order chi connectivity index (χ1) is 6.62. The van der Waals surface area contributed by atoms with Gasteiger partial charge in [-0.2, -0.15) is 0 Å². The molecule has 1 N–H and O–H groups in total. The Bertz CT molecular complexity index is 439. The Balaban J connectivity index is 2.51. The van der Waals surface area contributed by atoms with Crippen molar-refractivity contribution in [3.63, 3.8) is 0 Å². The van der Waals surface area contributed by atoms with E-state index in [4.69, 9.17) is 0 Å². The van der Waals surface area contributed by atoms with Gasteiger partial charge in [0.2, 0.25) is 0 Å². The van der Waals surface area contributed by atoms with Gasteiger partial charge in [-0.05, 0) is 18.2 Å². The Morgan fingerprint density at radius 3 is 2.79 bits per heavy atom. The van der Waals surface area contributed by atoms with Gasteiger partial charge < -0.3 is 5.32 Å². The Hall–Kier alpha value is -0.870. The van der Waals surface area contributed by atoms with Gasteiger partial charge in [-0.25, -0.2) is 8.42 Å². The molecule has 14 heavy (non-hydrogen) atoms. The fourth-order valence-electron chi connectivity index (χ4n) is 1.88. The topological polar surface area (TPSA) is 46.2 Å². The monoisotopic (exact) mass is 211 g/mol. The minimum Gasteiger partial charge on any atom is -0.312 e. The third-order valence-electron chi connectivity index (χ3n) is 2.57. The molecule has 1 aliphatic rings. The molecule has 0 bridgehead atoms. The molecule has 4 heteroatoms. The lowest BCUT2D eigenvalue weighted by Gasteiger charge is -2.24. The van der Waals surface area contributed by atoms with Crippen molar-refractivity contribution in [2.75, 3.05) is 12.8 Å². The molecule has 0 unspecified atom stereocenters. The third kappa shape index (κ3) is 1.67. The van der Waals surface area contributed by atoms with Gasteiger partial charge in [-0.1, -0.05) is 24.3 Å². The van der Waals surface area contributed by atoms with Crippen molar-refractivity contribution in [3.8, 4) is 0 Å². The maximum Gasteiger partial charge on any atom is 0.156 e. The molecule has 1 heterocycles. The first-order valence-corrected chi connectivity index (χ1v) is 6.40. The zero-order valence-corrected chi connectivity index (χ0v) is 8.84. The molecule has 0 aromatic heterocycles. The van der Waals surface area contributed by atoms with Crippen LogP contribution in [0.3, 0.4) is 0 Å². The molecule has 3 nitrogen and oxygen atoms in total. The second kappa shape index (κ2) is 3.37. The molecule has 0 amide bonds. The van der Waals surface area contributed by atoms with Crippen LogP contribution in [0.2, 0.25) is 0 Å². The van der Waals surface area contributed by atoms with E-state index in [1.807, 2.05) is 24.3 Å². The summed E-state index contributed by atoms with van der Waals surface area (Å²) >= 11 is 0. The van der Waals surface area contributed by atoms with Crippen molar-refractivity contribution in [3.05, 3.63) is 35.4 Å². The van der Waals surface area contributed by atoms with Gasteiger partial charge in [0.1, 0.15) is 0 Å². The highest BCUT2D eigenvalue weighted by Crippen LogP contribution is 2.27. The number of hydrogen-bond donors (Lipinski definition) is 1. The first kappa shape index (κ1) is 9.68. The largest absolute Gasteiger partial charge is 0.312 e. The molecule has 76 valence electrons. The lowest BCUT2D eigenvalue weighted by atomic mass is 10.0. The SMILES string of the molecule is CN[C@@H]1CS(=O)(=O)Cc2ccccc21. The Kier molecular flexibility index (Phi) is 2.33. The Morgan fingerprint density at radius 1 is 1.36 bits per heavy atom. The summed E-state index contributed by atoms with van der Waals surface area (Å²) in [5.41, 5.74) is 2.04. The van der Waals surface area contributed by atoms with Crippen LogP contribution in [0, 0.1) is 0 Å². The van der Waals surface area contributed by atoms with Gasteiger partial charge in [0.15, 0.2) is 9.84 Å². The normalized spacial score (nSPS) is 24.2. The van der Waals surface area contributed by atoms with Gasteiger partial charge >= 0.3 is 0 Å². The second-order valence-electron chi connectivity index (χ2n) is 3.59. The summed E-state index contributed by atoms with van der Waals surface area (Å²) < 4.78 is 23.1. The van der Waals surface area contributed by atoms with E-state index in [1.165, 1.54) is 0 Å². The van der Waals surface area contributed by atoms with Crippen LogP contribution in [0.25, 0.3) is 0 Å². The second-order valence-corrected chi connectivity index (χ2v) is 5.70. The number of sulfone groups is 1.